The Bertz CT molecular complexity index is 109. The van der Waals surface area contributed by atoms with Gasteiger partial charge in [0, 0.05) is 13.2 Å². The Morgan fingerprint density at radius 2 is 2.23 bits per heavy atom. The molecule has 1 aliphatic heterocycles. The summed E-state index contributed by atoms with van der Waals surface area (Å²) in [6, 6.07) is 0. The third-order valence-corrected chi connectivity index (χ3v) is 2.37. The normalized spacial score (nSPS) is 23.3. The van der Waals surface area contributed by atoms with Gasteiger partial charge in [0.1, 0.15) is 0 Å². The molecule has 1 heterocycles. The number of ether oxygens (including phenoxy) is 2. The summed E-state index contributed by atoms with van der Waals surface area (Å²) >= 11 is 0. The molecule has 1 atom stereocenters. The van der Waals surface area contributed by atoms with E-state index >= 15 is 0 Å². The molecule has 13 heavy (non-hydrogen) atoms. The standard InChI is InChI=1S/C11H21O2/c1-2-3-4-5-9-13-11-7-6-8-12-10-11/h11H,1-10H2. The van der Waals surface area contributed by atoms with E-state index in [2.05, 4.69) is 6.92 Å². The van der Waals surface area contributed by atoms with Crippen LogP contribution in [0.5, 0.6) is 0 Å². The third kappa shape index (κ3) is 5.27. The fourth-order valence-corrected chi connectivity index (χ4v) is 1.55. The van der Waals surface area contributed by atoms with Gasteiger partial charge in [-0.1, -0.05) is 26.2 Å². The summed E-state index contributed by atoms with van der Waals surface area (Å²) in [5.41, 5.74) is 0. The lowest BCUT2D eigenvalue weighted by Crippen LogP contribution is -2.25. The molecule has 2 nitrogen and oxygen atoms in total. The molecule has 77 valence electrons. The van der Waals surface area contributed by atoms with Crippen LogP contribution in [0.4, 0.5) is 0 Å². The van der Waals surface area contributed by atoms with Gasteiger partial charge in [0.2, 0.25) is 0 Å². The first kappa shape index (κ1) is 11.0. The van der Waals surface area contributed by atoms with Crippen molar-refractivity contribution in [3.8, 4) is 0 Å². The van der Waals surface area contributed by atoms with Crippen LogP contribution in [0.25, 0.3) is 0 Å². The molecule has 0 saturated carbocycles. The quantitative estimate of drug-likeness (QED) is 0.592. The van der Waals surface area contributed by atoms with Crippen molar-refractivity contribution in [2.75, 3.05) is 19.8 Å². The van der Waals surface area contributed by atoms with Crippen molar-refractivity contribution in [1.29, 1.82) is 0 Å². The average Bonchev–Trinajstić information content (AvgIpc) is 2.19. The summed E-state index contributed by atoms with van der Waals surface area (Å²) in [4.78, 5) is 0. The van der Waals surface area contributed by atoms with Crippen LogP contribution < -0.4 is 0 Å². The van der Waals surface area contributed by atoms with Gasteiger partial charge < -0.3 is 9.47 Å². The molecule has 1 saturated heterocycles. The van der Waals surface area contributed by atoms with Crippen LogP contribution in [-0.2, 0) is 9.47 Å². The van der Waals surface area contributed by atoms with E-state index in [9.17, 15) is 0 Å². The molecule has 2 heteroatoms. The van der Waals surface area contributed by atoms with Crippen molar-refractivity contribution in [3.63, 3.8) is 0 Å². The lowest BCUT2D eigenvalue weighted by Gasteiger charge is -2.22. The Hall–Kier alpha value is -0.0800. The van der Waals surface area contributed by atoms with Crippen LogP contribution >= 0.6 is 0 Å². The number of rotatable bonds is 6. The highest BCUT2D eigenvalue weighted by molar-refractivity contribution is 4.61. The van der Waals surface area contributed by atoms with Crippen LogP contribution in [0, 0.1) is 6.92 Å². The summed E-state index contributed by atoms with van der Waals surface area (Å²) in [6.07, 6.45) is 7.40. The SMILES string of the molecule is [CH2]CCCCCOC1CCCOC1. The van der Waals surface area contributed by atoms with Gasteiger partial charge in [-0.15, -0.1) is 0 Å². The Morgan fingerprint density at radius 1 is 1.31 bits per heavy atom. The van der Waals surface area contributed by atoms with E-state index in [-0.39, 0.29) is 0 Å². The first-order chi connectivity index (χ1) is 6.43. The zero-order valence-electron chi connectivity index (χ0n) is 8.46. The molecule has 1 aliphatic rings. The van der Waals surface area contributed by atoms with E-state index < -0.39 is 0 Å². The zero-order chi connectivity index (χ0) is 9.36. The van der Waals surface area contributed by atoms with Crippen LogP contribution in [0.1, 0.15) is 38.5 Å². The minimum atomic E-state index is 0.369. The van der Waals surface area contributed by atoms with E-state index in [0.717, 1.165) is 32.7 Å². The van der Waals surface area contributed by atoms with Gasteiger partial charge in [0.15, 0.2) is 0 Å². The topological polar surface area (TPSA) is 18.5 Å². The molecule has 0 aromatic heterocycles. The van der Waals surface area contributed by atoms with E-state index in [4.69, 9.17) is 9.47 Å². The Morgan fingerprint density at radius 3 is 2.92 bits per heavy atom. The van der Waals surface area contributed by atoms with Crippen LogP contribution in [0.3, 0.4) is 0 Å². The maximum Gasteiger partial charge on any atom is 0.0809 e. The molecule has 0 aromatic carbocycles. The molecular formula is C11H21O2. The minimum Gasteiger partial charge on any atom is -0.379 e. The van der Waals surface area contributed by atoms with Gasteiger partial charge in [-0.25, -0.2) is 0 Å². The highest BCUT2D eigenvalue weighted by Gasteiger charge is 2.13. The molecule has 0 aliphatic carbocycles. The van der Waals surface area contributed by atoms with Crippen LogP contribution in [0.15, 0.2) is 0 Å². The van der Waals surface area contributed by atoms with Crippen LogP contribution in [0.2, 0.25) is 0 Å². The van der Waals surface area contributed by atoms with Crippen molar-refractivity contribution in [3.05, 3.63) is 6.92 Å². The number of hydrogen-bond donors (Lipinski definition) is 0. The van der Waals surface area contributed by atoms with E-state index in [1.54, 1.807) is 0 Å². The summed E-state index contributed by atoms with van der Waals surface area (Å²) in [7, 11) is 0. The van der Waals surface area contributed by atoms with E-state index in [1.165, 1.54) is 25.7 Å². The molecule has 0 bridgehead atoms. The van der Waals surface area contributed by atoms with Gasteiger partial charge in [0.25, 0.3) is 0 Å². The smallest absolute Gasteiger partial charge is 0.0809 e. The largest absolute Gasteiger partial charge is 0.379 e. The third-order valence-electron chi connectivity index (χ3n) is 2.37. The first-order valence-corrected chi connectivity index (χ1v) is 5.42. The molecule has 1 rings (SSSR count). The molecule has 0 aromatic rings. The Kier molecular flexibility index (Phi) is 6.21. The highest BCUT2D eigenvalue weighted by Crippen LogP contribution is 2.10. The number of hydrogen-bond acceptors (Lipinski definition) is 2. The molecule has 1 unspecified atom stereocenters. The van der Waals surface area contributed by atoms with Crippen LogP contribution in [-0.4, -0.2) is 25.9 Å². The fraction of sp³-hybridized carbons (Fsp3) is 0.909. The lowest BCUT2D eigenvalue weighted by atomic mass is 10.2. The van der Waals surface area contributed by atoms with Gasteiger partial charge >= 0.3 is 0 Å². The van der Waals surface area contributed by atoms with Crippen molar-refractivity contribution >= 4 is 0 Å². The fourth-order valence-electron chi connectivity index (χ4n) is 1.55. The maximum absolute atomic E-state index is 5.68. The van der Waals surface area contributed by atoms with Crippen molar-refractivity contribution in [2.45, 2.75) is 44.6 Å². The predicted octanol–water partition coefficient (Wildman–Crippen LogP) is 2.58. The summed E-state index contributed by atoms with van der Waals surface area (Å²) in [5.74, 6) is 0. The van der Waals surface area contributed by atoms with E-state index in [0.29, 0.717) is 6.10 Å². The predicted molar refractivity (Wildman–Crippen MR) is 53.6 cm³/mol. The zero-order valence-corrected chi connectivity index (χ0v) is 8.46. The second-order valence-corrected chi connectivity index (χ2v) is 3.62. The molecular weight excluding hydrogens is 164 g/mol. The molecule has 0 spiro atoms. The second kappa shape index (κ2) is 7.34. The summed E-state index contributed by atoms with van der Waals surface area (Å²) in [6.45, 7) is 6.43. The highest BCUT2D eigenvalue weighted by atomic mass is 16.5. The number of unbranched alkanes of at least 4 members (excludes halogenated alkanes) is 3. The molecule has 0 N–H and O–H groups in total. The Labute approximate surface area is 81.6 Å². The lowest BCUT2D eigenvalue weighted by molar-refractivity contribution is -0.0506. The van der Waals surface area contributed by atoms with E-state index in [1.807, 2.05) is 0 Å². The summed E-state index contributed by atoms with van der Waals surface area (Å²) in [5, 5.41) is 0. The second-order valence-electron chi connectivity index (χ2n) is 3.62. The van der Waals surface area contributed by atoms with Crippen molar-refractivity contribution in [1.82, 2.24) is 0 Å². The van der Waals surface area contributed by atoms with Gasteiger partial charge in [-0.05, 0) is 19.3 Å². The van der Waals surface area contributed by atoms with Gasteiger partial charge in [0.05, 0.1) is 12.7 Å². The molecule has 1 radical (unpaired) electrons. The van der Waals surface area contributed by atoms with Gasteiger partial charge in [-0.3, -0.25) is 0 Å². The maximum atomic E-state index is 5.68. The average molecular weight is 185 g/mol. The van der Waals surface area contributed by atoms with Crippen molar-refractivity contribution < 1.29 is 9.47 Å². The van der Waals surface area contributed by atoms with Crippen molar-refractivity contribution in [2.24, 2.45) is 0 Å². The molecule has 0 amide bonds. The van der Waals surface area contributed by atoms with Gasteiger partial charge in [-0.2, -0.15) is 0 Å². The first-order valence-electron chi connectivity index (χ1n) is 5.42. The monoisotopic (exact) mass is 185 g/mol. The minimum absolute atomic E-state index is 0.369. The molecule has 1 fully saturated rings. The summed E-state index contributed by atoms with van der Waals surface area (Å²) < 4.78 is 11.0. The Balaban J connectivity index is 1.86.